The molecule has 3 amide bonds. The summed E-state index contributed by atoms with van der Waals surface area (Å²) in [5.41, 5.74) is 0. The Bertz CT molecular complexity index is 713. The monoisotopic (exact) mass is 377 g/mol. The second kappa shape index (κ2) is 8.24. The molecular weight excluding hydrogens is 354 g/mol. The number of rotatable bonds is 8. The lowest BCUT2D eigenvalue weighted by Gasteiger charge is -2.17. The molecule has 0 unspecified atom stereocenters. The molecule has 1 aromatic rings. The summed E-state index contributed by atoms with van der Waals surface area (Å²) in [6.07, 6.45) is 3.51. The van der Waals surface area contributed by atoms with Crippen LogP contribution < -0.4 is 5.32 Å². The molecular formula is C18H23N3O6. The van der Waals surface area contributed by atoms with Crippen LogP contribution >= 0.6 is 0 Å². The van der Waals surface area contributed by atoms with Gasteiger partial charge in [0.15, 0.2) is 6.61 Å². The van der Waals surface area contributed by atoms with Crippen molar-refractivity contribution in [3.63, 3.8) is 0 Å². The first-order valence-corrected chi connectivity index (χ1v) is 8.92. The molecule has 2 aliphatic rings. The van der Waals surface area contributed by atoms with Crippen LogP contribution in [-0.2, 0) is 30.5 Å². The molecule has 9 heteroatoms. The van der Waals surface area contributed by atoms with Gasteiger partial charge in [0.25, 0.3) is 5.91 Å². The van der Waals surface area contributed by atoms with Crippen molar-refractivity contribution in [3.8, 4) is 0 Å². The lowest BCUT2D eigenvalue weighted by molar-refractivity contribution is -0.155. The Labute approximate surface area is 156 Å². The average molecular weight is 377 g/mol. The van der Waals surface area contributed by atoms with Crippen LogP contribution in [0.1, 0.15) is 25.0 Å². The third kappa shape index (κ3) is 5.32. The van der Waals surface area contributed by atoms with Gasteiger partial charge in [-0.25, -0.2) is 0 Å². The number of furan rings is 1. The van der Waals surface area contributed by atoms with E-state index in [0.717, 1.165) is 12.8 Å². The summed E-state index contributed by atoms with van der Waals surface area (Å²) in [5, 5.41) is 2.79. The summed E-state index contributed by atoms with van der Waals surface area (Å²) in [7, 11) is 1.48. The number of nitrogens with one attached hydrogen (secondary N) is 1. The Hall–Kier alpha value is -2.84. The van der Waals surface area contributed by atoms with E-state index in [4.69, 9.17) is 9.15 Å². The molecule has 0 bridgehead atoms. The Balaban J connectivity index is 1.39. The number of hydrogen-bond acceptors (Lipinski definition) is 6. The first-order valence-electron chi connectivity index (χ1n) is 8.92. The Kier molecular flexibility index (Phi) is 5.78. The van der Waals surface area contributed by atoms with Crippen LogP contribution in [0, 0.1) is 5.92 Å². The van der Waals surface area contributed by atoms with Gasteiger partial charge in [-0.15, -0.1) is 0 Å². The van der Waals surface area contributed by atoms with Crippen molar-refractivity contribution in [2.45, 2.75) is 31.8 Å². The molecule has 9 nitrogen and oxygen atoms in total. The molecule has 1 saturated carbocycles. The summed E-state index contributed by atoms with van der Waals surface area (Å²) < 4.78 is 10.3. The fourth-order valence-corrected chi connectivity index (χ4v) is 2.84. The number of likely N-dealkylation sites (tertiary alicyclic amines) is 1. The molecule has 0 radical (unpaired) electrons. The van der Waals surface area contributed by atoms with Crippen LogP contribution in [0.25, 0.3) is 0 Å². The number of ether oxygens (including phenoxy) is 1. The molecule has 3 rings (SSSR count). The summed E-state index contributed by atoms with van der Waals surface area (Å²) >= 11 is 0. The Morgan fingerprint density at radius 2 is 2.15 bits per heavy atom. The third-order valence-corrected chi connectivity index (χ3v) is 4.56. The van der Waals surface area contributed by atoms with Gasteiger partial charge in [0.05, 0.1) is 25.3 Å². The SMILES string of the molecule is CN(CC(=O)NC1CC1)C(=O)COC(=O)[C@H]1CC(=O)N(Cc2ccco2)C1. The van der Waals surface area contributed by atoms with Crippen molar-refractivity contribution in [1.29, 1.82) is 0 Å². The smallest absolute Gasteiger partial charge is 0.311 e. The number of hydrogen-bond donors (Lipinski definition) is 1. The topological polar surface area (TPSA) is 109 Å². The van der Waals surface area contributed by atoms with Crippen LogP contribution in [0.3, 0.4) is 0 Å². The van der Waals surface area contributed by atoms with Crippen LogP contribution in [0.5, 0.6) is 0 Å². The van der Waals surface area contributed by atoms with Gasteiger partial charge in [-0.2, -0.15) is 0 Å². The van der Waals surface area contributed by atoms with E-state index in [1.54, 1.807) is 12.1 Å². The van der Waals surface area contributed by atoms with Crippen molar-refractivity contribution in [3.05, 3.63) is 24.2 Å². The zero-order valence-electron chi connectivity index (χ0n) is 15.2. The lowest BCUT2D eigenvalue weighted by Crippen LogP contribution is -2.41. The highest BCUT2D eigenvalue weighted by Gasteiger charge is 2.36. The van der Waals surface area contributed by atoms with Crippen LogP contribution in [0.4, 0.5) is 0 Å². The third-order valence-electron chi connectivity index (χ3n) is 4.56. The highest BCUT2D eigenvalue weighted by atomic mass is 16.5. The van der Waals surface area contributed by atoms with Gasteiger partial charge in [0.1, 0.15) is 5.76 Å². The van der Waals surface area contributed by atoms with E-state index in [0.29, 0.717) is 12.3 Å². The van der Waals surface area contributed by atoms with E-state index < -0.39 is 24.4 Å². The molecule has 1 aliphatic carbocycles. The second-order valence-electron chi connectivity index (χ2n) is 6.95. The average Bonchev–Trinajstić information content (AvgIpc) is 3.14. The van der Waals surface area contributed by atoms with Crippen molar-refractivity contribution in [2.24, 2.45) is 5.92 Å². The molecule has 0 spiro atoms. The van der Waals surface area contributed by atoms with Gasteiger partial charge in [-0.05, 0) is 25.0 Å². The van der Waals surface area contributed by atoms with E-state index in [-0.39, 0.29) is 37.4 Å². The largest absolute Gasteiger partial charge is 0.467 e. The molecule has 1 saturated heterocycles. The van der Waals surface area contributed by atoms with Crippen LogP contribution in [0.15, 0.2) is 22.8 Å². The van der Waals surface area contributed by atoms with Crippen molar-refractivity contribution in [2.75, 3.05) is 26.7 Å². The molecule has 0 aromatic carbocycles. The molecule has 1 aromatic heterocycles. The minimum atomic E-state index is -0.608. The Morgan fingerprint density at radius 1 is 1.37 bits per heavy atom. The lowest BCUT2D eigenvalue weighted by atomic mass is 10.1. The Morgan fingerprint density at radius 3 is 2.81 bits per heavy atom. The fraction of sp³-hybridized carbons (Fsp3) is 0.556. The summed E-state index contributed by atoms with van der Waals surface area (Å²) in [6.45, 7) is 0.000216. The standard InChI is InChI=1S/C18H23N3O6/c1-20(10-15(22)19-13-4-5-13)17(24)11-27-18(25)12-7-16(23)21(8-12)9-14-3-2-6-26-14/h2-3,6,12-13H,4-5,7-11H2,1H3,(H,19,22)/t12-/m0/s1. The number of carbonyl (C=O) groups is 4. The summed E-state index contributed by atoms with van der Waals surface area (Å²) in [4.78, 5) is 50.7. The predicted octanol–water partition coefficient (Wildman–Crippen LogP) is -0.0917. The number of likely N-dealkylation sites (N-methyl/N-ethyl adjacent to an activating group) is 1. The highest BCUT2D eigenvalue weighted by molar-refractivity contribution is 5.89. The van der Waals surface area contributed by atoms with Gasteiger partial charge in [0.2, 0.25) is 11.8 Å². The number of carbonyl (C=O) groups excluding carboxylic acids is 4. The number of esters is 1. The zero-order valence-corrected chi connectivity index (χ0v) is 15.2. The fourth-order valence-electron chi connectivity index (χ4n) is 2.84. The zero-order chi connectivity index (χ0) is 19.4. The van der Waals surface area contributed by atoms with E-state index in [1.807, 2.05) is 0 Å². The van der Waals surface area contributed by atoms with Gasteiger partial charge in [0, 0.05) is 26.1 Å². The molecule has 1 aliphatic heterocycles. The predicted molar refractivity (Wildman–Crippen MR) is 92.0 cm³/mol. The van der Waals surface area contributed by atoms with Crippen molar-refractivity contribution < 1.29 is 28.3 Å². The van der Waals surface area contributed by atoms with Gasteiger partial charge < -0.3 is 24.3 Å². The summed E-state index contributed by atoms with van der Waals surface area (Å²) in [6, 6.07) is 3.71. The van der Waals surface area contributed by atoms with Gasteiger partial charge in [-0.3, -0.25) is 19.2 Å². The molecule has 146 valence electrons. The van der Waals surface area contributed by atoms with E-state index in [2.05, 4.69) is 5.32 Å². The van der Waals surface area contributed by atoms with Crippen LogP contribution in [-0.4, -0.2) is 66.3 Å². The first kappa shape index (κ1) is 18.9. The second-order valence-corrected chi connectivity index (χ2v) is 6.95. The maximum Gasteiger partial charge on any atom is 0.311 e. The molecule has 1 N–H and O–H groups in total. The van der Waals surface area contributed by atoms with Gasteiger partial charge >= 0.3 is 5.97 Å². The number of amides is 3. The molecule has 27 heavy (non-hydrogen) atoms. The quantitative estimate of drug-likeness (QED) is 0.634. The van der Waals surface area contributed by atoms with E-state index in [1.165, 1.54) is 23.1 Å². The molecule has 1 atom stereocenters. The first-order chi connectivity index (χ1) is 12.9. The minimum absolute atomic E-state index is 0.0490. The highest BCUT2D eigenvalue weighted by Crippen LogP contribution is 2.21. The molecule has 2 fully saturated rings. The minimum Gasteiger partial charge on any atom is -0.467 e. The maximum atomic E-state index is 12.2. The number of nitrogens with zero attached hydrogens (tertiary/aromatic N) is 2. The van der Waals surface area contributed by atoms with E-state index in [9.17, 15) is 19.2 Å². The van der Waals surface area contributed by atoms with Crippen molar-refractivity contribution >= 4 is 23.7 Å². The van der Waals surface area contributed by atoms with E-state index >= 15 is 0 Å². The molecule has 2 heterocycles. The maximum absolute atomic E-state index is 12.2. The normalized spacial score (nSPS) is 19.1. The van der Waals surface area contributed by atoms with Gasteiger partial charge in [-0.1, -0.05) is 0 Å². The van der Waals surface area contributed by atoms with Crippen LogP contribution in [0.2, 0.25) is 0 Å². The van der Waals surface area contributed by atoms with Crippen molar-refractivity contribution in [1.82, 2.24) is 15.1 Å². The summed E-state index contributed by atoms with van der Waals surface area (Å²) in [5.74, 6) is -1.41.